The van der Waals surface area contributed by atoms with Gasteiger partial charge in [0.25, 0.3) is 5.56 Å². The van der Waals surface area contributed by atoms with Crippen LogP contribution in [0.1, 0.15) is 28.6 Å². The Morgan fingerprint density at radius 2 is 1.87 bits per heavy atom. The van der Waals surface area contributed by atoms with Gasteiger partial charge in [0.05, 0.1) is 24.4 Å². The largest absolute Gasteiger partial charge is 0.394 e. The fourth-order valence-corrected chi connectivity index (χ4v) is 3.57. The maximum atomic E-state index is 12.5. The van der Waals surface area contributed by atoms with Crippen molar-refractivity contribution in [2.24, 2.45) is 0 Å². The second-order valence-electron chi connectivity index (χ2n) is 7.13. The summed E-state index contributed by atoms with van der Waals surface area (Å²) in [7, 11) is 0. The highest BCUT2D eigenvalue weighted by Gasteiger charge is 2.45. The normalized spacial score (nSPS) is 23.7. The van der Waals surface area contributed by atoms with Gasteiger partial charge in [0, 0.05) is 18.3 Å². The van der Waals surface area contributed by atoms with Crippen LogP contribution in [0.5, 0.6) is 0 Å². The van der Waals surface area contributed by atoms with Gasteiger partial charge in [-0.15, -0.1) is 5.10 Å². The van der Waals surface area contributed by atoms with Gasteiger partial charge in [-0.05, 0) is 5.56 Å². The molecule has 5 N–H and O–H groups in total. The maximum absolute atomic E-state index is 12.5. The third-order valence-electron chi connectivity index (χ3n) is 5.02. The minimum absolute atomic E-state index is 0.0327. The van der Waals surface area contributed by atoms with Crippen molar-refractivity contribution < 1.29 is 20.1 Å². The maximum Gasteiger partial charge on any atom is 0.325 e. The lowest BCUT2D eigenvalue weighted by molar-refractivity contribution is -0.0235. The fourth-order valence-electron chi connectivity index (χ4n) is 3.57. The third kappa shape index (κ3) is 3.96. The highest BCUT2D eigenvalue weighted by atomic mass is 16.6. The van der Waals surface area contributed by atoms with Crippen LogP contribution in [-0.2, 0) is 17.7 Å². The molecule has 2 aromatic heterocycles. The first-order chi connectivity index (χ1) is 14.5. The number of nitrogens with one attached hydrogen (secondary N) is 2. The summed E-state index contributed by atoms with van der Waals surface area (Å²) in [6.45, 7) is -0.0272. The van der Waals surface area contributed by atoms with E-state index in [9.17, 15) is 24.9 Å². The van der Waals surface area contributed by atoms with Crippen LogP contribution in [0.15, 0.2) is 46.1 Å². The summed E-state index contributed by atoms with van der Waals surface area (Å²) in [4.78, 5) is 29.0. The summed E-state index contributed by atoms with van der Waals surface area (Å²) >= 11 is 0. The van der Waals surface area contributed by atoms with Crippen molar-refractivity contribution in [2.45, 2.75) is 37.4 Å². The molecule has 0 radical (unpaired) electrons. The van der Waals surface area contributed by atoms with Crippen LogP contribution in [0.25, 0.3) is 0 Å². The van der Waals surface area contributed by atoms with Gasteiger partial charge in [-0.25, -0.2) is 9.48 Å². The van der Waals surface area contributed by atoms with Crippen LogP contribution >= 0.6 is 0 Å². The Labute approximate surface area is 169 Å². The SMILES string of the molecule is O=c1[nH]c(Cc2cn(Cc3ccccc3)nn2)c(C2OC(CO)C(O)C2O)c(=O)[nH]1. The number of rotatable bonds is 6. The van der Waals surface area contributed by atoms with Gasteiger partial charge in [-0.2, -0.15) is 0 Å². The van der Waals surface area contributed by atoms with Crippen LogP contribution in [0.2, 0.25) is 0 Å². The summed E-state index contributed by atoms with van der Waals surface area (Å²) in [6.07, 6.45) is -3.33. The molecule has 11 nitrogen and oxygen atoms in total. The van der Waals surface area contributed by atoms with Crippen molar-refractivity contribution >= 4 is 0 Å². The minimum atomic E-state index is -1.44. The molecule has 4 atom stereocenters. The van der Waals surface area contributed by atoms with Crippen molar-refractivity contribution in [3.8, 4) is 0 Å². The van der Waals surface area contributed by atoms with Gasteiger partial charge in [-0.3, -0.25) is 9.78 Å². The van der Waals surface area contributed by atoms with Gasteiger partial charge in [-0.1, -0.05) is 35.5 Å². The number of hydrogen-bond acceptors (Lipinski definition) is 8. The lowest BCUT2D eigenvalue weighted by Gasteiger charge is -2.16. The van der Waals surface area contributed by atoms with Crippen LogP contribution in [0, 0.1) is 0 Å². The van der Waals surface area contributed by atoms with Gasteiger partial charge >= 0.3 is 5.69 Å². The molecule has 1 fully saturated rings. The zero-order valence-corrected chi connectivity index (χ0v) is 15.8. The summed E-state index contributed by atoms with van der Waals surface area (Å²) in [5.41, 5.74) is 0.202. The van der Waals surface area contributed by atoms with E-state index in [1.165, 1.54) is 0 Å². The smallest absolute Gasteiger partial charge is 0.325 e. The Morgan fingerprint density at radius 3 is 2.57 bits per heavy atom. The first kappa shape index (κ1) is 20.2. The molecular formula is C19H21N5O6. The molecule has 30 heavy (non-hydrogen) atoms. The average Bonchev–Trinajstić information content (AvgIpc) is 3.27. The van der Waals surface area contributed by atoms with Gasteiger partial charge in [0.2, 0.25) is 0 Å². The number of aliphatic hydroxyl groups is 3. The van der Waals surface area contributed by atoms with E-state index >= 15 is 0 Å². The molecule has 3 aromatic rings. The standard InChI is InChI=1S/C19H21N5O6/c25-9-13-15(26)16(27)17(30-13)14-12(20-19(29)21-18(14)28)6-11-8-24(23-22-11)7-10-4-2-1-3-5-10/h1-5,8,13,15-17,25-27H,6-7,9H2,(H2,20,21,28,29). The summed E-state index contributed by atoms with van der Waals surface area (Å²) in [5, 5.41) is 37.8. The number of H-pyrrole nitrogens is 2. The number of benzene rings is 1. The van der Waals surface area contributed by atoms with E-state index in [1.54, 1.807) is 10.9 Å². The Hall–Kier alpha value is -3.12. The van der Waals surface area contributed by atoms with Gasteiger partial charge in [0.15, 0.2) is 0 Å². The second kappa shape index (κ2) is 8.32. The minimum Gasteiger partial charge on any atom is -0.394 e. The predicted octanol–water partition coefficient (Wildman–Crippen LogP) is -1.55. The lowest BCUT2D eigenvalue weighted by Crippen LogP contribution is -2.35. The fraction of sp³-hybridized carbons (Fsp3) is 0.368. The van der Waals surface area contributed by atoms with Crippen molar-refractivity contribution in [3.05, 3.63) is 79.9 Å². The van der Waals surface area contributed by atoms with Crippen LogP contribution in [0.3, 0.4) is 0 Å². The molecule has 1 aliphatic rings. The Morgan fingerprint density at radius 1 is 1.10 bits per heavy atom. The van der Waals surface area contributed by atoms with Crippen molar-refractivity contribution in [3.63, 3.8) is 0 Å². The van der Waals surface area contributed by atoms with Crippen LogP contribution in [-0.4, -0.2) is 65.2 Å². The predicted molar refractivity (Wildman–Crippen MR) is 103 cm³/mol. The quantitative estimate of drug-likeness (QED) is 0.323. The Balaban J connectivity index is 1.62. The average molecular weight is 415 g/mol. The zero-order valence-electron chi connectivity index (χ0n) is 15.8. The van der Waals surface area contributed by atoms with E-state index in [4.69, 9.17) is 4.74 Å². The molecule has 4 unspecified atom stereocenters. The molecule has 0 aliphatic carbocycles. The van der Waals surface area contributed by atoms with Crippen LogP contribution in [0.4, 0.5) is 0 Å². The Bertz CT molecular complexity index is 1120. The summed E-state index contributed by atoms with van der Waals surface area (Å²) < 4.78 is 7.10. The molecule has 3 heterocycles. The molecular weight excluding hydrogens is 394 g/mol. The number of ether oxygens (including phenoxy) is 1. The molecule has 11 heteroatoms. The van der Waals surface area contributed by atoms with Crippen molar-refractivity contribution in [1.29, 1.82) is 0 Å². The van der Waals surface area contributed by atoms with E-state index in [1.807, 2.05) is 30.3 Å². The van der Waals surface area contributed by atoms with E-state index in [0.717, 1.165) is 5.56 Å². The number of nitrogens with zero attached hydrogens (tertiary/aromatic N) is 3. The molecule has 158 valence electrons. The molecule has 0 saturated carbocycles. The molecule has 1 aromatic carbocycles. The highest BCUT2D eigenvalue weighted by molar-refractivity contribution is 5.26. The number of aromatic amines is 2. The van der Waals surface area contributed by atoms with E-state index in [0.29, 0.717) is 12.2 Å². The molecule has 0 spiro atoms. The van der Waals surface area contributed by atoms with E-state index in [2.05, 4.69) is 20.3 Å². The molecule has 0 bridgehead atoms. The van der Waals surface area contributed by atoms with Crippen molar-refractivity contribution in [1.82, 2.24) is 25.0 Å². The Kier molecular flexibility index (Phi) is 5.59. The number of aliphatic hydroxyl groups excluding tert-OH is 3. The number of aromatic nitrogens is 5. The van der Waals surface area contributed by atoms with Crippen LogP contribution < -0.4 is 11.2 Å². The van der Waals surface area contributed by atoms with E-state index < -0.39 is 42.3 Å². The topological polar surface area (TPSA) is 166 Å². The second-order valence-corrected chi connectivity index (χ2v) is 7.13. The highest BCUT2D eigenvalue weighted by Crippen LogP contribution is 2.33. The summed E-state index contributed by atoms with van der Waals surface area (Å²) in [5.74, 6) is 0. The first-order valence-corrected chi connectivity index (χ1v) is 9.37. The number of hydrogen-bond donors (Lipinski definition) is 5. The molecule has 0 amide bonds. The van der Waals surface area contributed by atoms with Crippen molar-refractivity contribution in [2.75, 3.05) is 6.61 Å². The molecule has 4 rings (SSSR count). The van der Waals surface area contributed by atoms with E-state index in [-0.39, 0.29) is 17.7 Å². The van der Waals surface area contributed by atoms with Gasteiger partial charge < -0.3 is 25.0 Å². The lowest BCUT2D eigenvalue weighted by atomic mass is 9.99. The first-order valence-electron chi connectivity index (χ1n) is 9.37. The monoisotopic (exact) mass is 415 g/mol. The zero-order chi connectivity index (χ0) is 21.3. The van der Waals surface area contributed by atoms with Gasteiger partial charge in [0.1, 0.15) is 24.4 Å². The third-order valence-corrected chi connectivity index (χ3v) is 5.02. The molecule has 1 aliphatic heterocycles. The molecule has 1 saturated heterocycles. The summed E-state index contributed by atoms with van der Waals surface area (Å²) in [6, 6.07) is 9.66.